The molecule has 0 spiro atoms. The van der Waals surface area contributed by atoms with Crippen LogP contribution in [0.15, 0.2) is 24.3 Å². The Balaban J connectivity index is 1.18. The van der Waals surface area contributed by atoms with Gasteiger partial charge < -0.3 is 14.6 Å². The van der Waals surface area contributed by atoms with E-state index in [0.717, 1.165) is 59.8 Å². The van der Waals surface area contributed by atoms with Crippen LogP contribution in [0.5, 0.6) is 11.5 Å². The quantitative estimate of drug-likeness (QED) is 0.234. The molecule has 42 heavy (non-hydrogen) atoms. The molecule has 0 bridgehead atoms. The van der Waals surface area contributed by atoms with Crippen molar-refractivity contribution in [2.75, 3.05) is 7.11 Å². The van der Waals surface area contributed by atoms with E-state index in [4.69, 9.17) is 9.47 Å². The summed E-state index contributed by atoms with van der Waals surface area (Å²) in [4.78, 5) is 12.7. The number of phenols is 1. The predicted molar refractivity (Wildman–Crippen MR) is 171 cm³/mol. The van der Waals surface area contributed by atoms with Gasteiger partial charge in [0.1, 0.15) is 6.10 Å². The third-order valence-corrected chi connectivity index (χ3v) is 13.5. The summed E-state index contributed by atoms with van der Waals surface area (Å²) < 4.78 is 11.2. The zero-order valence-corrected chi connectivity index (χ0v) is 27.5. The van der Waals surface area contributed by atoms with E-state index in [2.05, 4.69) is 41.5 Å². The standard InChI is InChI=1S/C38H58O4/c1-24(2)25(3)8-9-26(4)31-14-15-32-30-13-12-28-23-29(18-20-37(28,5)33(30)19-21-38(31,32)6)42-36(40)17-11-27-10-16-34(39)35(22-27)41-7/h10-11,16-17,22,24-26,28-33,39H,8-9,12-15,18-21,23H2,1-7H3/b17-11+/t25-,26+,28-,29-,30-,31+,32-,33-,37-,38+/m0/s1. The van der Waals surface area contributed by atoms with Crippen LogP contribution in [0, 0.1) is 58.2 Å². The molecule has 4 nitrogen and oxygen atoms in total. The maximum atomic E-state index is 12.7. The van der Waals surface area contributed by atoms with E-state index >= 15 is 0 Å². The van der Waals surface area contributed by atoms with Crippen molar-refractivity contribution < 1.29 is 19.4 Å². The van der Waals surface area contributed by atoms with Crippen molar-refractivity contribution in [2.45, 2.75) is 118 Å². The van der Waals surface area contributed by atoms with Crippen LogP contribution in [0.2, 0.25) is 0 Å². The van der Waals surface area contributed by atoms with Crippen molar-refractivity contribution in [1.82, 2.24) is 0 Å². The van der Waals surface area contributed by atoms with Gasteiger partial charge >= 0.3 is 5.97 Å². The first-order chi connectivity index (χ1) is 20.0. The molecule has 1 aromatic rings. The lowest BCUT2D eigenvalue weighted by atomic mass is 9.44. The Morgan fingerprint density at radius 3 is 2.45 bits per heavy atom. The molecule has 0 radical (unpaired) electrons. The summed E-state index contributed by atoms with van der Waals surface area (Å²) in [6.45, 7) is 15.1. The fourth-order valence-corrected chi connectivity index (χ4v) is 10.5. The first-order valence-electron chi connectivity index (χ1n) is 17.2. The van der Waals surface area contributed by atoms with Crippen LogP contribution in [0.25, 0.3) is 6.08 Å². The number of ether oxygens (including phenoxy) is 2. The van der Waals surface area contributed by atoms with Crippen LogP contribution >= 0.6 is 0 Å². The van der Waals surface area contributed by atoms with Gasteiger partial charge in [-0.05, 0) is 140 Å². The summed E-state index contributed by atoms with van der Waals surface area (Å²) in [5.74, 6) is 6.88. The van der Waals surface area contributed by atoms with E-state index in [9.17, 15) is 9.90 Å². The summed E-state index contributed by atoms with van der Waals surface area (Å²) in [5.41, 5.74) is 1.72. The van der Waals surface area contributed by atoms with E-state index in [1.54, 1.807) is 24.3 Å². The molecule has 0 aromatic heterocycles. The highest BCUT2D eigenvalue weighted by molar-refractivity contribution is 5.87. The number of carbonyl (C=O) groups excluding carboxylic acids is 1. The Hall–Kier alpha value is -1.97. The number of esters is 1. The Kier molecular flexibility index (Phi) is 9.41. The van der Waals surface area contributed by atoms with Gasteiger partial charge in [-0.2, -0.15) is 0 Å². The first kappa shape index (κ1) is 31.5. The van der Waals surface area contributed by atoms with Crippen LogP contribution in [0.4, 0.5) is 0 Å². The number of aromatic hydroxyl groups is 1. The zero-order chi connectivity index (χ0) is 30.2. The van der Waals surface area contributed by atoms with Gasteiger partial charge in [-0.3, -0.25) is 0 Å². The number of rotatable bonds is 9. The van der Waals surface area contributed by atoms with Gasteiger partial charge in [0.2, 0.25) is 0 Å². The lowest BCUT2D eigenvalue weighted by Gasteiger charge is -2.61. The highest BCUT2D eigenvalue weighted by atomic mass is 16.5. The maximum absolute atomic E-state index is 12.7. The van der Waals surface area contributed by atoms with E-state index in [0.29, 0.717) is 22.5 Å². The average molecular weight is 579 g/mol. The van der Waals surface area contributed by atoms with E-state index < -0.39 is 0 Å². The van der Waals surface area contributed by atoms with Crippen molar-refractivity contribution in [3.8, 4) is 11.5 Å². The molecule has 10 atom stereocenters. The number of carbonyl (C=O) groups is 1. The van der Waals surface area contributed by atoms with Crippen molar-refractivity contribution in [2.24, 2.45) is 58.2 Å². The van der Waals surface area contributed by atoms with Crippen molar-refractivity contribution in [3.05, 3.63) is 29.8 Å². The van der Waals surface area contributed by atoms with Gasteiger partial charge in [-0.25, -0.2) is 4.79 Å². The number of hydrogen-bond acceptors (Lipinski definition) is 4. The highest BCUT2D eigenvalue weighted by Crippen LogP contribution is 2.68. The second kappa shape index (κ2) is 12.6. The Bertz CT molecular complexity index is 1120. The SMILES string of the molecule is COc1cc(/C=C/C(=O)O[C@H]2CC[C@@]3(C)[C@@H](CC[C@@H]4[C@@H]3CC[C@]3(C)[C@@H]([C@H](C)CC[C@H](C)C(C)C)CC[C@@H]43)C2)ccc1O. The minimum Gasteiger partial charge on any atom is -0.504 e. The molecular formula is C38H58O4. The van der Waals surface area contributed by atoms with Gasteiger partial charge in [0.25, 0.3) is 0 Å². The zero-order valence-electron chi connectivity index (χ0n) is 27.5. The average Bonchev–Trinajstić information content (AvgIpc) is 3.32. The second-order valence-electron chi connectivity index (χ2n) is 15.8. The van der Waals surface area contributed by atoms with E-state index in [-0.39, 0.29) is 17.8 Å². The molecule has 4 fully saturated rings. The van der Waals surface area contributed by atoms with Gasteiger partial charge in [-0.1, -0.05) is 60.5 Å². The van der Waals surface area contributed by atoms with Gasteiger partial charge in [-0.15, -0.1) is 0 Å². The molecule has 0 saturated heterocycles. The van der Waals surface area contributed by atoms with E-state index in [1.807, 2.05) is 0 Å². The van der Waals surface area contributed by atoms with Crippen LogP contribution < -0.4 is 4.74 Å². The number of methoxy groups -OCH3 is 1. The largest absolute Gasteiger partial charge is 0.504 e. The fraction of sp³-hybridized carbons (Fsp3) is 0.763. The molecule has 5 rings (SSSR count). The van der Waals surface area contributed by atoms with Crippen molar-refractivity contribution >= 4 is 12.0 Å². The van der Waals surface area contributed by atoms with Crippen molar-refractivity contribution in [1.29, 1.82) is 0 Å². The number of fused-ring (bicyclic) bond motifs is 5. The van der Waals surface area contributed by atoms with Gasteiger partial charge in [0, 0.05) is 6.08 Å². The molecule has 4 heteroatoms. The smallest absolute Gasteiger partial charge is 0.331 e. The minimum absolute atomic E-state index is 0.0185. The summed E-state index contributed by atoms with van der Waals surface area (Å²) in [7, 11) is 1.52. The second-order valence-corrected chi connectivity index (χ2v) is 15.8. The molecule has 0 amide bonds. The normalized spacial score (nSPS) is 37.5. The Morgan fingerprint density at radius 2 is 1.71 bits per heavy atom. The molecule has 4 saturated carbocycles. The van der Waals surface area contributed by atoms with Crippen LogP contribution in [-0.2, 0) is 9.53 Å². The summed E-state index contributed by atoms with van der Waals surface area (Å²) in [6.07, 6.45) is 17.6. The summed E-state index contributed by atoms with van der Waals surface area (Å²) >= 11 is 0. The minimum atomic E-state index is -0.272. The molecule has 0 heterocycles. The number of phenolic OH excluding ortho intramolecular Hbond substituents is 1. The molecule has 4 aliphatic carbocycles. The molecule has 4 aliphatic rings. The summed E-state index contributed by atoms with van der Waals surface area (Å²) in [6, 6.07) is 5.07. The third kappa shape index (κ3) is 6.03. The molecule has 0 unspecified atom stereocenters. The van der Waals surface area contributed by atoms with Crippen molar-refractivity contribution in [3.63, 3.8) is 0 Å². The topological polar surface area (TPSA) is 55.8 Å². The van der Waals surface area contributed by atoms with Crippen LogP contribution in [-0.4, -0.2) is 24.3 Å². The van der Waals surface area contributed by atoms with E-state index in [1.165, 1.54) is 71.0 Å². The molecule has 234 valence electrons. The van der Waals surface area contributed by atoms with Gasteiger partial charge in [0.15, 0.2) is 11.5 Å². The van der Waals surface area contributed by atoms with Crippen LogP contribution in [0.3, 0.4) is 0 Å². The fourth-order valence-electron chi connectivity index (χ4n) is 10.5. The molecule has 1 N–H and O–H groups in total. The lowest BCUT2D eigenvalue weighted by Crippen LogP contribution is -2.54. The molecule has 0 aliphatic heterocycles. The molecule has 1 aromatic carbocycles. The number of benzene rings is 1. The third-order valence-electron chi connectivity index (χ3n) is 13.5. The monoisotopic (exact) mass is 578 g/mol. The maximum Gasteiger partial charge on any atom is 0.331 e. The Morgan fingerprint density at radius 1 is 0.976 bits per heavy atom. The van der Waals surface area contributed by atoms with Gasteiger partial charge in [0.05, 0.1) is 7.11 Å². The highest BCUT2D eigenvalue weighted by Gasteiger charge is 2.60. The molecular weight excluding hydrogens is 520 g/mol. The summed E-state index contributed by atoms with van der Waals surface area (Å²) in [5, 5.41) is 9.82. The van der Waals surface area contributed by atoms with Crippen LogP contribution in [0.1, 0.15) is 118 Å². The number of hydrogen-bond donors (Lipinski definition) is 1. The predicted octanol–water partition coefficient (Wildman–Crippen LogP) is 9.69. The lowest BCUT2D eigenvalue weighted by molar-refractivity contribution is -0.157. The first-order valence-corrected chi connectivity index (χ1v) is 17.2. The Labute approximate surface area is 256 Å².